The molecule has 0 aliphatic carbocycles. The van der Waals surface area contributed by atoms with Crippen LogP contribution in [0.25, 0.3) is 0 Å². The number of halogens is 1. The van der Waals surface area contributed by atoms with Crippen LogP contribution in [0.3, 0.4) is 0 Å². The highest BCUT2D eigenvalue weighted by Gasteiger charge is 2.12. The molecule has 0 spiro atoms. The lowest BCUT2D eigenvalue weighted by Gasteiger charge is -2.11. The second-order valence-electron chi connectivity index (χ2n) is 3.46. The molecule has 1 atom stereocenters. The first-order chi connectivity index (χ1) is 7.18. The van der Waals surface area contributed by atoms with Gasteiger partial charge in [-0.15, -0.1) is 0 Å². The van der Waals surface area contributed by atoms with Crippen LogP contribution in [0, 0.1) is 6.92 Å². The fourth-order valence-electron chi connectivity index (χ4n) is 1.57. The number of hydrogen-bond donors (Lipinski definition) is 1. The van der Waals surface area contributed by atoms with Crippen LogP contribution in [0.5, 0.6) is 0 Å². The van der Waals surface area contributed by atoms with Gasteiger partial charge < -0.3 is 10.2 Å². The smallest absolute Gasteiger partial charge is 0.105 e. The highest BCUT2D eigenvalue weighted by atomic mass is 79.9. The van der Waals surface area contributed by atoms with Crippen molar-refractivity contribution in [3.63, 3.8) is 0 Å². The first-order valence-electron chi connectivity index (χ1n) is 4.73. The van der Waals surface area contributed by atoms with Crippen molar-refractivity contribution in [2.45, 2.75) is 13.0 Å². The van der Waals surface area contributed by atoms with Crippen LogP contribution in [0.15, 0.2) is 45.5 Å². The van der Waals surface area contributed by atoms with Crippen molar-refractivity contribution in [2.75, 3.05) is 0 Å². The van der Waals surface area contributed by atoms with Gasteiger partial charge >= 0.3 is 0 Å². The van der Waals surface area contributed by atoms with Crippen LogP contribution in [0.4, 0.5) is 0 Å². The van der Waals surface area contributed by atoms with Crippen molar-refractivity contribution >= 4 is 15.9 Å². The summed E-state index contributed by atoms with van der Waals surface area (Å²) in [7, 11) is 0. The molecule has 2 aromatic rings. The van der Waals surface area contributed by atoms with Gasteiger partial charge in [-0.25, -0.2) is 0 Å². The maximum Gasteiger partial charge on any atom is 0.105 e. The van der Waals surface area contributed by atoms with Gasteiger partial charge in [-0.3, -0.25) is 0 Å². The summed E-state index contributed by atoms with van der Waals surface area (Å²) < 4.78 is 6.30. The molecular weight excluding hydrogens is 254 g/mol. The molecule has 0 amide bonds. The minimum atomic E-state index is -0.114. The minimum absolute atomic E-state index is 0.114. The van der Waals surface area contributed by atoms with Crippen LogP contribution < -0.4 is 5.73 Å². The third kappa shape index (κ3) is 2.13. The number of benzene rings is 1. The van der Waals surface area contributed by atoms with Crippen LogP contribution in [0.1, 0.15) is 22.9 Å². The molecule has 2 N–H and O–H groups in total. The van der Waals surface area contributed by atoms with E-state index in [1.54, 1.807) is 6.26 Å². The molecule has 0 bridgehead atoms. The van der Waals surface area contributed by atoms with E-state index in [1.165, 1.54) is 0 Å². The first kappa shape index (κ1) is 10.5. The fourth-order valence-corrected chi connectivity index (χ4v) is 1.83. The van der Waals surface area contributed by atoms with Crippen molar-refractivity contribution in [3.8, 4) is 0 Å². The Kier molecular flexibility index (Phi) is 2.93. The molecular formula is C12H12BrNO. The Morgan fingerprint density at radius 2 is 1.87 bits per heavy atom. The lowest BCUT2D eigenvalue weighted by molar-refractivity contribution is 0.527. The predicted molar refractivity (Wildman–Crippen MR) is 63.6 cm³/mol. The molecule has 1 aromatic carbocycles. The standard InChI is InChI=1S/C12H12BrNO/c1-8-11(6-7-15-8)12(14)9-2-4-10(13)5-3-9/h2-7,12H,14H2,1H3. The van der Waals surface area contributed by atoms with Gasteiger partial charge in [-0.1, -0.05) is 28.1 Å². The van der Waals surface area contributed by atoms with Gasteiger partial charge in [0.15, 0.2) is 0 Å². The lowest BCUT2D eigenvalue weighted by Crippen LogP contribution is -2.11. The molecule has 15 heavy (non-hydrogen) atoms. The van der Waals surface area contributed by atoms with E-state index in [9.17, 15) is 0 Å². The molecule has 2 nitrogen and oxygen atoms in total. The van der Waals surface area contributed by atoms with Crippen LogP contribution in [-0.2, 0) is 0 Å². The highest BCUT2D eigenvalue weighted by molar-refractivity contribution is 9.10. The van der Waals surface area contributed by atoms with Crippen molar-refractivity contribution < 1.29 is 4.42 Å². The second kappa shape index (κ2) is 4.21. The zero-order chi connectivity index (χ0) is 10.8. The predicted octanol–water partition coefficient (Wildman–Crippen LogP) is 3.40. The van der Waals surface area contributed by atoms with Crippen molar-refractivity contribution in [1.29, 1.82) is 0 Å². The van der Waals surface area contributed by atoms with E-state index in [0.29, 0.717) is 0 Å². The average molecular weight is 266 g/mol. The van der Waals surface area contributed by atoms with E-state index in [1.807, 2.05) is 37.3 Å². The Balaban J connectivity index is 2.32. The topological polar surface area (TPSA) is 39.2 Å². The molecule has 2 rings (SSSR count). The zero-order valence-electron chi connectivity index (χ0n) is 8.41. The maximum absolute atomic E-state index is 6.14. The first-order valence-corrected chi connectivity index (χ1v) is 5.53. The SMILES string of the molecule is Cc1occc1C(N)c1ccc(Br)cc1. The van der Waals surface area contributed by atoms with Gasteiger partial charge in [0.05, 0.1) is 12.3 Å². The largest absolute Gasteiger partial charge is 0.469 e. The molecule has 78 valence electrons. The average Bonchev–Trinajstić information content (AvgIpc) is 2.65. The van der Waals surface area contributed by atoms with E-state index in [4.69, 9.17) is 10.2 Å². The fraction of sp³-hybridized carbons (Fsp3) is 0.167. The van der Waals surface area contributed by atoms with E-state index >= 15 is 0 Å². The molecule has 0 fully saturated rings. The monoisotopic (exact) mass is 265 g/mol. The second-order valence-corrected chi connectivity index (χ2v) is 4.38. The van der Waals surface area contributed by atoms with Crippen LogP contribution in [0.2, 0.25) is 0 Å². The third-order valence-corrected chi connectivity index (χ3v) is 2.99. The van der Waals surface area contributed by atoms with Gasteiger partial charge in [-0.05, 0) is 30.7 Å². The number of furan rings is 1. The summed E-state index contributed by atoms with van der Waals surface area (Å²) in [4.78, 5) is 0. The molecule has 0 radical (unpaired) electrons. The van der Waals surface area contributed by atoms with Gasteiger partial charge in [0, 0.05) is 10.0 Å². The Morgan fingerprint density at radius 3 is 2.40 bits per heavy atom. The summed E-state index contributed by atoms with van der Waals surface area (Å²) >= 11 is 3.40. The van der Waals surface area contributed by atoms with Crippen molar-refractivity contribution in [1.82, 2.24) is 0 Å². The summed E-state index contributed by atoms with van der Waals surface area (Å²) in [6.07, 6.45) is 1.67. The number of rotatable bonds is 2. The number of nitrogens with two attached hydrogens (primary N) is 1. The normalized spacial score (nSPS) is 12.7. The van der Waals surface area contributed by atoms with E-state index < -0.39 is 0 Å². The Hall–Kier alpha value is -1.06. The van der Waals surface area contributed by atoms with Gasteiger partial charge in [0.1, 0.15) is 5.76 Å². The number of aryl methyl sites for hydroxylation is 1. The highest BCUT2D eigenvalue weighted by Crippen LogP contribution is 2.24. The van der Waals surface area contributed by atoms with E-state index in [2.05, 4.69) is 15.9 Å². The summed E-state index contributed by atoms with van der Waals surface area (Å²) in [5.74, 6) is 0.880. The zero-order valence-corrected chi connectivity index (χ0v) is 9.99. The molecule has 1 aromatic heterocycles. The molecule has 1 unspecified atom stereocenters. The molecule has 0 saturated heterocycles. The quantitative estimate of drug-likeness (QED) is 0.904. The Labute approximate surface area is 97.2 Å². The molecule has 3 heteroatoms. The summed E-state index contributed by atoms with van der Waals surface area (Å²) in [6, 6.07) is 9.82. The Morgan fingerprint density at radius 1 is 1.20 bits per heavy atom. The van der Waals surface area contributed by atoms with Gasteiger partial charge in [0.2, 0.25) is 0 Å². The molecule has 0 aliphatic heterocycles. The summed E-state index contributed by atoms with van der Waals surface area (Å²) in [6.45, 7) is 1.92. The van der Waals surface area contributed by atoms with Gasteiger partial charge in [0.25, 0.3) is 0 Å². The maximum atomic E-state index is 6.14. The third-order valence-electron chi connectivity index (χ3n) is 2.46. The van der Waals surface area contributed by atoms with E-state index in [-0.39, 0.29) is 6.04 Å². The van der Waals surface area contributed by atoms with Crippen LogP contribution in [-0.4, -0.2) is 0 Å². The van der Waals surface area contributed by atoms with Crippen molar-refractivity contribution in [2.24, 2.45) is 5.73 Å². The van der Waals surface area contributed by atoms with Crippen LogP contribution >= 0.6 is 15.9 Å². The number of hydrogen-bond acceptors (Lipinski definition) is 2. The molecule has 0 saturated carbocycles. The minimum Gasteiger partial charge on any atom is -0.469 e. The van der Waals surface area contributed by atoms with E-state index in [0.717, 1.165) is 21.4 Å². The lowest BCUT2D eigenvalue weighted by atomic mass is 10.0. The Bertz CT molecular complexity index is 447. The molecule has 1 heterocycles. The summed E-state index contributed by atoms with van der Waals surface area (Å²) in [5, 5.41) is 0. The van der Waals surface area contributed by atoms with Crippen molar-refractivity contribution in [3.05, 3.63) is 58.0 Å². The van der Waals surface area contributed by atoms with Gasteiger partial charge in [-0.2, -0.15) is 0 Å². The summed E-state index contributed by atoms with van der Waals surface area (Å²) in [5.41, 5.74) is 8.26. The molecule has 0 aliphatic rings.